The van der Waals surface area contributed by atoms with Crippen molar-refractivity contribution in [3.63, 3.8) is 0 Å². The number of para-hydroxylation sites is 1. The topological polar surface area (TPSA) is 103 Å². The molecule has 1 atom stereocenters. The molecule has 1 fully saturated rings. The first kappa shape index (κ1) is 26.9. The maximum Gasteiger partial charge on any atom is 0.259 e. The molecule has 1 saturated heterocycles. The van der Waals surface area contributed by atoms with Gasteiger partial charge in [-0.3, -0.25) is 4.79 Å². The minimum absolute atomic E-state index is 0.00911. The van der Waals surface area contributed by atoms with Gasteiger partial charge in [-0.2, -0.15) is 0 Å². The summed E-state index contributed by atoms with van der Waals surface area (Å²) in [4.78, 5) is 24.7. The van der Waals surface area contributed by atoms with Crippen LogP contribution in [-0.2, 0) is 0 Å². The number of carbonyl (C=O) groups is 1. The number of likely N-dealkylation sites (N-methyl/N-ethyl adjacent to an activating group) is 1. The van der Waals surface area contributed by atoms with E-state index in [1.807, 2.05) is 38.1 Å². The Morgan fingerprint density at radius 1 is 1.23 bits per heavy atom. The number of hydrogen-bond acceptors (Lipinski definition) is 8. The van der Waals surface area contributed by atoms with Crippen LogP contribution in [0.5, 0.6) is 11.5 Å². The number of thiophene rings is 1. The molecule has 5 rings (SSSR count). The van der Waals surface area contributed by atoms with Gasteiger partial charge >= 0.3 is 0 Å². The summed E-state index contributed by atoms with van der Waals surface area (Å²) in [5.41, 5.74) is 9.90. The summed E-state index contributed by atoms with van der Waals surface area (Å²) in [6.07, 6.45) is 4.11. The third-order valence-corrected chi connectivity index (χ3v) is 8.20. The standard InChI is InChI=1S/C30H35N5O3S/c1-5-35-14-8-9-20(17-35)19-12-13-22(24(15-19)38-18(2)3)33-30-32-16-25-27(34-30)26(28(39-25)29(31)36)21-10-6-7-11-23(21)37-4/h6-7,10-13,15-16,18,20H,5,8-9,14,17H2,1-4H3,(H2,31,36)(H,32,33,34)/t20-/m0/s1. The number of likely N-dealkylation sites (tertiary alicyclic amines) is 1. The zero-order valence-electron chi connectivity index (χ0n) is 22.9. The van der Waals surface area contributed by atoms with Crippen molar-refractivity contribution in [2.75, 3.05) is 32.1 Å². The number of carbonyl (C=O) groups excluding carboxylic acids is 1. The van der Waals surface area contributed by atoms with Crippen LogP contribution in [0, 0.1) is 0 Å². The number of nitrogens with zero attached hydrogens (tertiary/aromatic N) is 3. The van der Waals surface area contributed by atoms with E-state index < -0.39 is 5.91 Å². The van der Waals surface area contributed by atoms with Crippen molar-refractivity contribution in [2.24, 2.45) is 5.73 Å². The van der Waals surface area contributed by atoms with Gasteiger partial charge in [0.15, 0.2) is 0 Å². The number of anilines is 2. The van der Waals surface area contributed by atoms with E-state index in [4.69, 9.17) is 20.2 Å². The zero-order valence-corrected chi connectivity index (χ0v) is 23.7. The first-order valence-electron chi connectivity index (χ1n) is 13.4. The fraction of sp³-hybridized carbons (Fsp3) is 0.367. The molecule has 0 aliphatic carbocycles. The average Bonchev–Trinajstić information content (AvgIpc) is 3.32. The Labute approximate surface area is 233 Å². The minimum Gasteiger partial charge on any atom is -0.496 e. The van der Waals surface area contributed by atoms with E-state index in [1.54, 1.807) is 13.3 Å². The molecule has 9 heteroatoms. The van der Waals surface area contributed by atoms with E-state index in [2.05, 4.69) is 40.3 Å². The number of amides is 1. The summed E-state index contributed by atoms with van der Waals surface area (Å²) in [5, 5.41) is 3.37. The van der Waals surface area contributed by atoms with Crippen LogP contribution in [0.4, 0.5) is 11.6 Å². The summed E-state index contributed by atoms with van der Waals surface area (Å²) in [6.45, 7) is 9.57. The van der Waals surface area contributed by atoms with Crippen molar-refractivity contribution in [3.8, 4) is 22.6 Å². The van der Waals surface area contributed by atoms with Crippen LogP contribution in [0.25, 0.3) is 21.3 Å². The highest BCUT2D eigenvalue weighted by molar-refractivity contribution is 7.21. The van der Waals surface area contributed by atoms with Gasteiger partial charge in [0.2, 0.25) is 5.95 Å². The van der Waals surface area contributed by atoms with Gasteiger partial charge in [0.25, 0.3) is 5.91 Å². The molecule has 0 bridgehead atoms. The predicted octanol–water partition coefficient (Wildman–Crippen LogP) is 6.20. The molecule has 0 spiro atoms. The molecule has 8 nitrogen and oxygen atoms in total. The number of rotatable bonds is 9. The summed E-state index contributed by atoms with van der Waals surface area (Å²) in [6, 6.07) is 13.9. The average molecular weight is 546 g/mol. The van der Waals surface area contributed by atoms with E-state index in [1.165, 1.54) is 36.3 Å². The monoisotopic (exact) mass is 545 g/mol. The lowest BCUT2D eigenvalue weighted by molar-refractivity contribution is 0.100. The molecule has 1 aliphatic heterocycles. The van der Waals surface area contributed by atoms with Crippen LogP contribution >= 0.6 is 11.3 Å². The SMILES string of the molecule is CCN1CCC[C@H](c2ccc(Nc3ncc4sc(C(N)=O)c(-c5ccccc5OC)c4n3)c(OC(C)C)c2)C1. The molecule has 0 radical (unpaired) electrons. The van der Waals surface area contributed by atoms with Gasteiger partial charge in [-0.05, 0) is 69.5 Å². The Hall–Kier alpha value is -3.69. The highest BCUT2D eigenvalue weighted by Crippen LogP contribution is 2.42. The number of fused-ring (bicyclic) bond motifs is 1. The van der Waals surface area contributed by atoms with Gasteiger partial charge < -0.3 is 25.4 Å². The van der Waals surface area contributed by atoms with Gasteiger partial charge in [0.1, 0.15) is 16.4 Å². The van der Waals surface area contributed by atoms with Gasteiger partial charge in [-0.1, -0.05) is 31.2 Å². The Bertz CT molecular complexity index is 1480. The number of ether oxygens (including phenoxy) is 2. The number of hydrogen-bond donors (Lipinski definition) is 2. The Kier molecular flexibility index (Phi) is 7.99. The molecule has 204 valence electrons. The van der Waals surface area contributed by atoms with E-state index in [-0.39, 0.29) is 6.10 Å². The van der Waals surface area contributed by atoms with E-state index in [9.17, 15) is 4.79 Å². The molecule has 0 unspecified atom stereocenters. The lowest BCUT2D eigenvalue weighted by atomic mass is 9.90. The fourth-order valence-corrected chi connectivity index (χ4v) is 6.19. The van der Waals surface area contributed by atoms with Crippen molar-refractivity contribution >= 4 is 39.1 Å². The maximum absolute atomic E-state index is 12.4. The lowest BCUT2D eigenvalue weighted by Gasteiger charge is -2.32. The minimum atomic E-state index is -0.513. The molecule has 39 heavy (non-hydrogen) atoms. The lowest BCUT2D eigenvalue weighted by Crippen LogP contribution is -2.34. The van der Waals surface area contributed by atoms with Gasteiger partial charge in [0, 0.05) is 17.7 Å². The second-order valence-corrected chi connectivity index (χ2v) is 11.1. The van der Waals surface area contributed by atoms with Crippen LogP contribution in [0.2, 0.25) is 0 Å². The van der Waals surface area contributed by atoms with E-state index >= 15 is 0 Å². The van der Waals surface area contributed by atoms with Crippen molar-refractivity contribution in [1.29, 1.82) is 0 Å². The summed E-state index contributed by atoms with van der Waals surface area (Å²) >= 11 is 1.28. The third kappa shape index (κ3) is 5.69. The first-order valence-corrected chi connectivity index (χ1v) is 14.2. The van der Waals surface area contributed by atoms with Crippen LogP contribution < -0.4 is 20.5 Å². The van der Waals surface area contributed by atoms with E-state index in [0.29, 0.717) is 33.6 Å². The third-order valence-electron chi connectivity index (χ3n) is 7.07. The second-order valence-electron chi connectivity index (χ2n) is 10.1. The van der Waals surface area contributed by atoms with Crippen molar-refractivity contribution < 1.29 is 14.3 Å². The number of primary amides is 1. The molecular formula is C30H35N5O3S. The highest BCUT2D eigenvalue weighted by atomic mass is 32.1. The normalized spacial score (nSPS) is 16.0. The molecule has 1 aliphatic rings. The number of nitrogens with two attached hydrogens (primary N) is 1. The molecule has 3 N–H and O–H groups in total. The van der Waals surface area contributed by atoms with Gasteiger partial charge in [-0.25, -0.2) is 9.97 Å². The van der Waals surface area contributed by atoms with Crippen LogP contribution in [0.3, 0.4) is 0 Å². The Morgan fingerprint density at radius 3 is 2.79 bits per heavy atom. The quantitative estimate of drug-likeness (QED) is 0.258. The molecule has 1 amide bonds. The predicted molar refractivity (Wildman–Crippen MR) is 157 cm³/mol. The van der Waals surface area contributed by atoms with Gasteiger partial charge in [0.05, 0.1) is 35.3 Å². The maximum atomic E-state index is 12.4. The summed E-state index contributed by atoms with van der Waals surface area (Å²) in [5.74, 6) is 1.79. The number of nitrogens with one attached hydrogen (secondary N) is 1. The Morgan fingerprint density at radius 2 is 2.05 bits per heavy atom. The van der Waals surface area contributed by atoms with Crippen molar-refractivity contribution in [1.82, 2.24) is 14.9 Å². The second kappa shape index (κ2) is 11.6. The molecular weight excluding hydrogens is 510 g/mol. The van der Waals surface area contributed by atoms with Crippen LogP contribution in [0.15, 0.2) is 48.7 Å². The fourth-order valence-electron chi connectivity index (χ4n) is 5.21. The molecule has 2 aromatic carbocycles. The first-order chi connectivity index (χ1) is 18.9. The van der Waals surface area contributed by atoms with Crippen molar-refractivity contribution in [2.45, 2.75) is 45.6 Å². The van der Waals surface area contributed by atoms with Gasteiger partial charge in [-0.15, -0.1) is 11.3 Å². The van der Waals surface area contributed by atoms with Crippen molar-refractivity contribution in [3.05, 3.63) is 59.1 Å². The number of piperidine rings is 1. The smallest absolute Gasteiger partial charge is 0.259 e. The number of methoxy groups -OCH3 is 1. The van der Waals surface area contributed by atoms with Crippen LogP contribution in [0.1, 0.15) is 54.8 Å². The highest BCUT2D eigenvalue weighted by Gasteiger charge is 2.24. The molecule has 4 aromatic rings. The molecule has 3 heterocycles. The summed E-state index contributed by atoms with van der Waals surface area (Å²) in [7, 11) is 1.60. The Balaban J connectivity index is 1.53. The molecule has 2 aromatic heterocycles. The summed E-state index contributed by atoms with van der Waals surface area (Å²) < 4.78 is 12.6. The molecule has 0 saturated carbocycles. The number of benzene rings is 2. The van der Waals surface area contributed by atoms with E-state index in [0.717, 1.165) is 34.8 Å². The largest absolute Gasteiger partial charge is 0.496 e. The number of aromatic nitrogens is 2. The van der Waals surface area contributed by atoms with Crippen LogP contribution in [-0.4, -0.2) is 53.6 Å². The zero-order chi connectivity index (χ0) is 27.5.